The van der Waals surface area contributed by atoms with Crippen LogP contribution in [0.5, 0.6) is 11.5 Å². The molecule has 5 saturated heterocycles. The number of methoxy groups -OCH3 is 2. The average molecular weight is 823 g/mol. The summed E-state index contributed by atoms with van der Waals surface area (Å²) in [6, 6.07) is 11.1. The Morgan fingerprint density at radius 2 is 1.60 bits per heavy atom. The molecule has 0 aliphatic carbocycles. The predicted octanol–water partition coefficient (Wildman–Crippen LogP) is 3.86. The second-order valence-electron chi connectivity index (χ2n) is 17.6. The highest BCUT2D eigenvalue weighted by Crippen LogP contribution is 2.45. The molecule has 0 saturated carbocycles. The molecule has 1 unspecified atom stereocenters. The average Bonchev–Trinajstić information content (AvgIpc) is 3.53. The van der Waals surface area contributed by atoms with Crippen molar-refractivity contribution >= 4 is 40.0 Å². The standard InChI is InChI=1S/C44H48F2N8O6/c1-59-36-11-28(32-15-48-40(56)33-16-47-38(14-31(32)33)53-24-44(45,46)25-53)12-37(60-2)34(36)21-51-18-26(19-51)17-50-9-7-43(8-10-50)22-52(23-43)29-4-3-27-20-54(42(58)30(27)13-29)35-5-6-39(55)49-41(35)57/h3-4,11-16,26,35H,5-10,17-25H2,1-2H3,(H,48,56)(H,49,55,57). The smallest absolute Gasteiger partial charge is 0.282 e. The fourth-order valence-corrected chi connectivity index (χ4v) is 10.2. The van der Waals surface area contributed by atoms with Crippen LogP contribution in [0.1, 0.15) is 47.2 Å². The van der Waals surface area contributed by atoms with E-state index in [0.717, 1.165) is 81.0 Å². The monoisotopic (exact) mass is 822 g/mol. The number of benzene rings is 2. The minimum absolute atomic E-state index is 0.136. The van der Waals surface area contributed by atoms with E-state index in [1.807, 2.05) is 24.3 Å². The van der Waals surface area contributed by atoms with Crippen LogP contribution >= 0.6 is 0 Å². The van der Waals surface area contributed by atoms with E-state index in [0.29, 0.717) is 64.6 Å². The number of imide groups is 1. The van der Waals surface area contributed by atoms with E-state index in [1.54, 1.807) is 31.4 Å². The first-order valence-electron chi connectivity index (χ1n) is 20.7. The summed E-state index contributed by atoms with van der Waals surface area (Å²) in [5, 5.41) is 3.35. The molecule has 6 aliphatic heterocycles. The summed E-state index contributed by atoms with van der Waals surface area (Å²) in [5.74, 6) is -1.26. The first kappa shape index (κ1) is 38.6. The molecule has 2 N–H and O–H groups in total. The highest BCUT2D eigenvalue weighted by atomic mass is 19.3. The molecule has 14 nitrogen and oxygen atoms in total. The number of hydrogen-bond donors (Lipinski definition) is 2. The van der Waals surface area contributed by atoms with Gasteiger partial charge in [-0.05, 0) is 79.7 Å². The number of aromatic nitrogens is 2. The number of rotatable bonds is 10. The Morgan fingerprint density at radius 1 is 0.867 bits per heavy atom. The lowest BCUT2D eigenvalue weighted by atomic mass is 9.71. The molecule has 60 heavy (non-hydrogen) atoms. The molecule has 0 radical (unpaired) electrons. The molecular weight excluding hydrogens is 775 g/mol. The minimum atomic E-state index is -2.75. The van der Waals surface area contributed by atoms with E-state index in [9.17, 15) is 28.0 Å². The fraction of sp³-hybridized carbons (Fsp3) is 0.477. The molecule has 10 rings (SSSR count). The van der Waals surface area contributed by atoms with Crippen molar-refractivity contribution in [2.24, 2.45) is 11.3 Å². The Kier molecular flexibility index (Phi) is 9.35. The van der Waals surface area contributed by atoms with Crippen LogP contribution in [-0.4, -0.2) is 127 Å². The normalized spacial score (nSPS) is 22.7. The molecule has 5 fully saturated rings. The van der Waals surface area contributed by atoms with Gasteiger partial charge in [-0.1, -0.05) is 6.07 Å². The van der Waals surface area contributed by atoms with Crippen molar-refractivity contribution in [3.05, 3.63) is 75.8 Å². The fourth-order valence-electron chi connectivity index (χ4n) is 10.2. The molecule has 1 spiro atoms. The van der Waals surface area contributed by atoms with Gasteiger partial charge in [0.05, 0.1) is 38.3 Å². The quantitative estimate of drug-likeness (QED) is 0.225. The molecule has 1 atom stereocenters. The summed E-state index contributed by atoms with van der Waals surface area (Å²) in [7, 11) is 3.27. The molecule has 4 aromatic rings. The Labute approximate surface area is 345 Å². The van der Waals surface area contributed by atoms with Crippen LogP contribution < -0.4 is 30.1 Å². The molecule has 2 aromatic carbocycles. The van der Waals surface area contributed by atoms with Gasteiger partial charge in [-0.15, -0.1) is 0 Å². The second-order valence-corrected chi connectivity index (χ2v) is 17.6. The number of H-pyrrole nitrogens is 1. The number of pyridine rings is 2. The predicted molar refractivity (Wildman–Crippen MR) is 220 cm³/mol. The van der Waals surface area contributed by atoms with E-state index >= 15 is 0 Å². The van der Waals surface area contributed by atoms with Crippen molar-refractivity contribution in [1.29, 1.82) is 0 Å². The van der Waals surface area contributed by atoms with Gasteiger partial charge in [0.15, 0.2) is 0 Å². The summed E-state index contributed by atoms with van der Waals surface area (Å²) >= 11 is 0. The number of nitrogens with one attached hydrogen (secondary N) is 2. The van der Waals surface area contributed by atoms with Crippen molar-refractivity contribution in [1.82, 2.24) is 30.0 Å². The van der Waals surface area contributed by atoms with E-state index in [1.165, 1.54) is 11.1 Å². The number of anilines is 2. The lowest BCUT2D eigenvalue weighted by Crippen LogP contribution is -2.61. The van der Waals surface area contributed by atoms with Gasteiger partial charge in [0, 0.05) is 92.2 Å². The van der Waals surface area contributed by atoms with Crippen LogP contribution in [0.25, 0.3) is 21.9 Å². The Morgan fingerprint density at radius 3 is 2.28 bits per heavy atom. The topological polar surface area (TPSA) is 144 Å². The first-order chi connectivity index (χ1) is 28.9. The van der Waals surface area contributed by atoms with Crippen LogP contribution in [-0.2, 0) is 22.7 Å². The summed E-state index contributed by atoms with van der Waals surface area (Å²) < 4.78 is 39.1. The summed E-state index contributed by atoms with van der Waals surface area (Å²) in [5.41, 5.74) is 5.03. The van der Waals surface area contributed by atoms with E-state index in [2.05, 4.69) is 36.1 Å². The molecule has 8 heterocycles. The Hall–Kier alpha value is -5.61. The van der Waals surface area contributed by atoms with Crippen molar-refractivity contribution in [3.63, 3.8) is 0 Å². The molecule has 16 heteroatoms. The zero-order chi connectivity index (χ0) is 41.5. The van der Waals surface area contributed by atoms with Crippen LogP contribution in [0.4, 0.5) is 20.3 Å². The highest BCUT2D eigenvalue weighted by Gasteiger charge is 2.47. The number of piperidine rings is 2. The van der Waals surface area contributed by atoms with Crippen LogP contribution in [0.15, 0.2) is 53.6 Å². The van der Waals surface area contributed by atoms with Gasteiger partial charge in [0.2, 0.25) is 11.8 Å². The van der Waals surface area contributed by atoms with Crippen LogP contribution in [0.2, 0.25) is 0 Å². The van der Waals surface area contributed by atoms with Gasteiger partial charge in [0.25, 0.3) is 17.4 Å². The number of amides is 3. The summed E-state index contributed by atoms with van der Waals surface area (Å²) in [6.45, 7) is 7.32. The van der Waals surface area contributed by atoms with Gasteiger partial charge in [0.1, 0.15) is 23.4 Å². The second kappa shape index (κ2) is 14.5. The van der Waals surface area contributed by atoms with Gasteiger partial charge in [-0.3, -0.25) is 29.4 Å². The zero-order valence-corrected chi connectivity index (χ0v) is 33.8. The largest absolute Gasteiger partial charge is 0.496 e. The SMILES string of the molecule is COc1cc(-c2c[nH]c(=O)c3cnc(N4CC(F)(F)C4)cc23)cc(OC)c1CN1CC(CN2CCC3(CC2)CN(c2ccc4c(c2)C(=O)N(C2CCC(=O)NC2=O)C4)C3)C1. The maximum Gasteiger partial charge on any atom is 0.282 e. The van der Waals surface area contributed by atoms with Crippen LogP contribution in [0.3, 0.4) is 0 Å². The minimum Gasteiger partial charge on any atom is -0.496 e. The lowest BCUT2D eigenvalue weighted by molar-refractivity contribution is -0.136. The van der Waals surface area contributed by atoms with E-state index in [-0.39, 0.29) is 35.1 Å². The Balaban J connectivity index is 0.729. The van der Waals surface area contributed by atoms with Gasteiger partial charge < -0.3 is 34.1 Å². The maximum absolute atomic E-state index is 13.7. The number of nitrogens with zero attached hydrogens (tertiary/aromatic N) is 6. The molecule has 314 valence electrons. The van der Waals surface area contributed by atoms with Crippen molar-refractivity contribution in [2.45, 2.75) is 50.7 Å². The number of likely N-dealkylation sites (tertiary alicyclic amines) is 2. The van der Waals surface area contributed by atoms with Gasteiger partial charge >= 0.3 is 0 Å². The third kappa shape index (κ3) is 6.82. The van der Waals surface area contributed by atoms with Crippen molar-refractivity contribution in [2.75, 3.05) is 82.9 Å². The maximum atomic E-state index is 13.7. The summed E-state index contributed by atoms with van der Waals surface area (Å²) in [4.78, 5) is 67.8. The third-order valence-corrected chi connectivity index (χ3v) is 13.6. The molecule has 3 amide bonds. The van der Waals surface area contributed by atoms with Gasteiger partial charge in [-0.2, -0.15) is 0 Å². The third-order valence-electron chi connectivity index (χ3n) is 13.6. The number of halogens is 2. The molecule has 6 aliphatic rings. The van der Waals surface area contributed by atoms with E-state index in [4.69, 9.17) is 9.47 Å². The number of ether oxygens (including phenoxy) is 2. The number of alkyl halides is 2. The van der Waals surface area contributed by atoms with Crippen molar-refractivity contribution < 1.29 is 32.6 Å². The van der Waals surface area contributed by atoms with Crippen LogP contribution in [0, 0.1) is 11.3 Å². The number of carbonyl (C=O) groups is 3. The number of aromatic amines is 1. The van der Waals surface area contributed by atoms with Gasteiger partial charge in [-0.25, -0.2) is 13.8 Å². The number of carbonyl (C=O) groups excluding carboxylic acids is 3. The zero-order valence-electron chi connectivity index (χ0n) is 33.8. The highest BCUT2D eigenvalue weighted by molar-refractivity contribution is 6.05. The molecule has 0 bridgehead atoms. The lowest BCUT2D eigenvalue weighted by Gasteiger charge is -2.55. The number of fused-ring (bicyclic) bond motifs is 2. The molecule has 2 aromatic heterocycles. The first-order valence-corrected chi connectivity index (χ1v) is 20.7. The van der Waals surface area contributed by atoms with Crippen molar-refractivity contribution in [3.8, 4) is 22.6 Å². The summed E-state index contributed by atoms with van der Waals surface area (Å²) in [6.07, 6.45) is 5.97. The molecular formula is C44H48F2N8O6. The van der Waals surface area contributed by atoms with E-state index < -0.39 is 25.1 Å². The number of hydrogen-bond acceptors (Lipinski definition) is 11. The Bertz CT molecular complexity index is 2440.